The second-order valence-corrected chi connectivity index (χ2v) is 4.76. The highest BCUT2D eigenvalue weighted by molar-refractivity contribution is 5.88. The van der Waals surface area contributed by atoms with Crippen molar-refractivity contribution in [1.82, 2.24) is 9.78 Å². The molecule has 0 unspecified atom stereocenters. The first-order chi connectivity index (χ1) is 9.74. The second-order valence-electron chi connectivity index (χ2n) is 4.76. The average Bonchev–Trinajstić information content (AvgIpc) is 2.78. The molecule has 0 atom stereocenters. The molecule has 4 heteroatoms. The number of nitrogen functional groups attached to an aromatic ring is 1. The van der Waals surface area contributed by atoms with Gasteiger partial charge in [-0.3, -0.25) is 4.68 Å². The van der Waals surface area contributed by atoms with Gasteiger partial charge in [-0.15, -0.1) is 0 Å². The number of nitrogens with zero attached hydrogens (tertiary/aromatic N) is 2. The highest BCUT2D eigenvalue weighted by Crippen LogP contribution is 2.25. The molecule has 0 amide bonds. The molecule has 3 aromatic rings. The van der Waals surface area contributed by atoms with Crippen molar-refractivity contribution in [3.05, 3.63) is 54.2 Å². The van der Waals surface area contributed by atoms with Crippen molar-refractivity contribution in [2.45, 2.75) is 6.42 Å². The topological polar surface area (TPSA) is 53.1 Å². The highest BCUT2D eigenvalue weighted by Gasteiger charge is 2.04. The molecule has 3 rings (SSSR count). The maximum absolute atomic E-state index is 5.88. The molecule has 0 bridgehead atoms. The first-order valence-electron chi connectivity index (χ1n) is 6.63. The van der Waals surface area contributed by atoms with E-state index >= 15 is 0 Å². The van der Waals surface area contributed by atoms with Gasteiger partial charge in [0.05, 0.1) is 12.3 Å². The molecule has 0 fully saturated rings. The van der Waals surface area contributed by atoms with E-state index in [2.05, 4.69) is 23.3 Å². The van der Waals surface area contributed by atoms with Crippen LogP contribution in [0, 0.1) is 0 Å². The van der Waals surface area contributed by atoms with E-state index in [0.29, 0.717) is 12.4 Å². The quantitative estimate of drug-likeness (QED) is 0.790. The Bertz CT molecular complexity index is 709. The van der Waals surface area contributed by atoms with E-state index in [1.807, 2.05) is 37.4 Å². The third-order valence-electron chi connectivity index (χ3n) is 3.33. The van der Waals surface area contributed by atoms with Gasteiger partial charge in [-0.2, -0.15) is 5.10 Å². The number of hydrogen-bond donors (Lipinski definition) is 1. The minimum atomic E-state index is 0.588. The van der Waals surface area contributed by atoms with E-state index in [0.717, 1.165) is 23.3 Å². The van der Waals surface area contributed by atoms with Gasteiger partial charge in [0.15, 0.2) is 0 Å². The number of hydrogen-bond acceptors (Lipinski definition) is 3. The molecule has 2 N–H and O–H groups in total. The maximum atomic E-state index is 5.88. The molecule has 0 spiro atoms. The number of nitrogens with two attached hydrogens (primary N) is 1. The number of rotatable bonds is 4. The molecule has 102 valence electrons. The highest BCUT2D eigenvalue weighted by atomic mass is 16.5. The van der Waals surface area contributed by atoms with Crippen LogP contribution < -0.4 is 10.5 Å². The van der Waals surface area contributed by atoms with Crippen molar-refractivity contribution >= 4 is 16.6 Å². The van der Waals surface area contributed by atoms with Gasteiger partial charge in [-0.05, 0) is 11.5 Å². The standard InChI is InChI=1S/C16H17N3O/c1-19-16(17)11-13(18-19)9-10-20-15-8-4-6-12-5-2-3-7-14(12)15/h2-8,11H,9-10,17H2,1H3. The monoisotopic (exact) mass is 267 g/mol. The fourth-order valence-electron chi connectivity index (χ4n) is 2.25. The second kappa shape index (κ2) is 5.25. The molecule has 0 aliphatic rings. The zero-order valence-electron chi connectivity index (χ0n) is 11.4. The van der Waals surface area contributed by atoms with E-state index < -0.39 is 0 Å². The summed E-state index contributed by atoms with van der Waals surface area (Å²) in [6, 6.07) is 16.2. The van der Waals surface area contributed by atoms with Crippen molar-refractivity contribution in [2.24, 2.45) is 7.05 Å². The van der Waals surface area contributed by atoms with Crippen LogP contribution in [-0.2, 0) is 13.5 Å². The van der Waals surface area contributed by atoms with Crippen molar-refractivity contribution in [3.8, 4) is 5.75 Å². The van der Waals surface area contributed by atoms with Gasteiger partial charge in [0, 0.05) is 24.9 Å². The van der Waals surface area contributed by atoms with Crippen LogP contribution in [0.4, 0.5) is 5.82 Å². The first kappa shape index (κ1) is 12.5. The number of aryl methyl sites for hydroxylation is 1. The van der Waals surface area contributed by atoms with Crippen LogP contribution >= 0.6 is 0 Å². The summed E-state index contributed by atoms with van der Waals surface area (Å²) >= 11 is 0. The molecule has 0 radical (unpaired) electrons. The Hall–Kier alpha value is -2.49. The number of ether oxygens (including phenoxy) is 1. The van der Waals surface area contributed by atoms with E-state index in [-0.39, 0.29) is 0 Å². The van der Waals surface area contributed by atoms with Gasteiger partial charge < -0.3 is 10.5 Å². The number of fused-ring (bicyclic) bond motifs is 1. The Morgan fingerprint density at radius 1 is 1.15 bits per heavy atom. The zero-order chi connectivity index (χ0) is 13.9. The first-order valence-corrected chi connectivity index (χ1v) is 6.63. The van der Waals surface area contributed by atoms with Crippen LogP contribution in [0.2, 0.25) is 0 Å². The zero-order valence-corrected chi connectivity index (χ0v) is 11.4. The molecule has 1 heterocycles. The molecule has 0 aliphatic carbocycles. The van der Waals surface area contributed by atoms with E-state index in [1.165, 1.54) is 5.39 Å². The summed E-state index contributed by atoms with van der Waals surface area (Å²) in [5.41, 5.74) is 6.71. The Morgan fingerprint density at radius 2 is 1.95 bits per heavy atom. The Morgan fingerprint density at radius 3 is 2.75 bits per heavy atom. The van der Waals surface area contributed by atoms with Gasteiger partial charge in [0.2, 0.25) is 0 Å². The maximum Gasteiger partial charge on any atom is 0.127 e. The molecular weight excluding hydrogens is 250 g/mol. The third kappa shape index (κ3) is 2.45. The summed E-state index contributed by atoms with van der Waals surface area (Å²) in [5, 5.41) is 6.64. The summed E-state index contributed by atoms with van der Waals surface area (Å²) in [7, 11) is 1.84. The van der Waals surface area contributed by atoms with Crippen LogP contribution in [0.15, 0.2) is 48.5 Å². The Labute approximate surface area is 117 Å². The molecule has 1 aromatic heterocycles. The van der Waals surface area contributed by atoms with Crippen LogP contribution in [0.1, 0.15) is 5.69 Å². The van der Waals surface area contributed by atoms with Crippen molar-refractivity contribution in [2.75, 3.05) is 12.3 Å². The average molecular weight is 267 g/mol. The lowest BCUT2D eigenvalue weighted by Crippen LogP contribution is -2.03. The van der Waals surface area contributed by atoms with E-state index in [4.69, 9.17) is 10.5 Å². The lowest BCUT2D eigenvalue weighted by Gasteiger charge is -2.08. The van der Waals surface area contributed by atoms with Crippen LogP contribution in [0.5, 0.6) is 5.75 Å². The Balaban J connectivity index is 1.71. The van der Waals surface area contributed by atoms with E-state index in [1.54, 1.807) is 4.68 Å². The smallest absolute Gasteiger partial charge is 0.127 e. The predicted octanol–water partition coefficient (Wildman–Crippen LogP) is 2.78. The SMILES string of the molecule is Cn1nc(CCOc2cccc3ccccc23)cc1N. The normalized spacial score (nSPS) is 10.8. The van der Waals surface area contributed by atoms with Crippen LogP contribution in [-0.4, -0.2) is 16.4 Å². The molecule has 4 nitrogen and oxygen atoms in total. The molecule has 2 aromatic carbocycles. The van der Waals surface area contributed by atoms with Gasteiger partial charge >= 0.3 is 0 Å². The summed E-state index contributed by atoms with van der Waals surface area (Å²) in [6.07, 6.45) is 0.744. The molecular formula is C16H17N3O. The summed E-state index contributed by atoms with van der Waals surface area (Å²) in [4.78, 5) is 0. The predicted molar refractivity (Wildman–Crippen MR) is 80.8 cm³/mol. The van der Waals surface area contributed by atoms with Gasteiger partial charge in [0.1, 0.15) is 11.6 Å². The van der Waals surface area contributed by atoms with Gasteiger partial charge in [-0.25, -0.2) is 0 Å². The molecule has 0 saturated carbocycles. The lowest BCUT2D eigenvalue weighted by molar-refractivity contribution is 0.324. The molecule has 0 saturated heterocycles. The lowest BCUT2D eigenvalue weighted by atomic mass is 10.1. The van der Waals surface area contributed by atoms with Gasteiger partial charge in [0.25, 0.3) is 0 Å². The number of benzene rings is 2. The summed E-state index contributed by atoms with van der Waals surface area (Å²) in [5.74, 6) is 1.58. The third-order valence-corrected chi connectivity index (χ3v) is 3.33. The number of anilines is 1. The minimum absolute atomic E-state index is 0.588. The fourth-order valence-corrected chi connectivity index (χ4v) is 2.25. The Kier molecular flexibility index (Phi) is 3.29. The molecule has 20 heavy (non-hydrogen) atoms. The van der Waals surface area contributed by atoms with Crippen molar-refractivity contribution in [3.63, 3.8) is 0 Å². The minimum Gasteiger partial charge on any atom is -0.493 e. The van der Waals surface area contributed by atoms with Crippen molar-refractivity contribution < 1.29 is 4.74 Å². The molecule has 0 aliphatic heterocycles. The largest absolute Gasteiger partial charge is 0.493 e. The van der Waals surface area contributed by atoms with Crippen molar-refractivity contribution in [1.29, 1.82) is 0 Å². The summed E-state index contributed by atoms with van der Waals surface area (Å²) < 4.78 is 7.56. The summed E-state index contributed by atoms with van der Waals surface area (Å²) in [6.45, 7) is 0.588. The number of aromatic nitrogens is 2. The van der Waals surface area contributed by atoms with Crippen LogP contribution in [0.25, 0.3) is 10.8 Å². The van der Waals surface area contributed by atoms with E-state index in [9.17, 15) is 0 Å². The fraction of sp³-hybridized carbons (Fsp3) is 0.188. The van der Waals surface area contributed by atoms with Gasteiger partial charge in [-0.1, -0.05) is 36.4 Å². The van der Waals surface area contributed by atoms with Crippen LogP contribution in [0.3, 0.4) is 0 Å².